The molecule has 0 saturated heterocycles. The van der Waals surface area contributed by atoms with Crippen LogP contribution < -0.4 is 10.6 Å². The van der Waals surface area contributed by atoms with Gasteiger partial charge in [-0.15, -0.1) is 0 Å². The molecule has 0 fully saturated rings. The van der Waals surface area contributed by atoms with Crippen molar-refractivity contribution in [3.8, 4) is 0 Å². The van der Waals surface area contributed by atoms with Crippen LogP contribution in [-0.4, -0.2) is 34.8 Å². The van der Waals surface area contributed by atoms with Crippen LogP contribution in [0.3, 0.4) is 0 Å². The number of nitrogens with zero attached hydrogens (tertiary/aromatic N) is 2. The summed E-state index contributed by atoms with van der Waals surface area (Å²) in [6, 6.07) is 0.214. The molecule has 122 valence electrons. The van der Waals surface area contributed by atoms with Crippen molar-refractivity contribution >= 4 is 5.91 Å². The largest absolute Gasteiger partial charge is 0.355 e. The first-order valence-corrected chi connectivity index (χ1v) is 8.30. The minimum atomic E-state index is 0.0694. The Hall–Kier alpha value is -1.62. The summed E-state index contributed by atoms with van der Waals surface area (Å²) in [4.78, 5) is 11.8. The van der Waals surface area contributed by atoms with Gasteiger partial charge in [0.1, 0.15) is 0 Å². The molecule has 5 nitrogen and oxygen atoms in total. The first-order valence-electron chi connectivity index (χ1n) is 8.30. The molecule has 1 unspecified atom stereocenters. The molecule has 0 saturated carbocycles. The van der Waals surface area contributed by atoms with E-state index >= 15 is 0 Å². The minimum absolute atomic E-state index is 0.0694. The van der Waals surface area contributed by atoms with E-state index in [9.17, 15) is 4.79 Å². The van der Waals surface area contributed by atoms with Gasteiger partial charge in [-0.1, -0.05) is 11.6 Å². The molecular weight excluding hydrogens is 276 g/mol. The van der Waals surface area contributed by atoms with Crippen molar-refractivity contribution in [3.05, 3.63) is 29.6 Å². The second-order valence-electron chi connectivity index (χ2n) is 6.23. The molecule has 0 spiro atoms. The summed E-state index contributed by atoms with van der Waals surface area (Å²) in [5, 5.41) is 10.5. The van der Waals surface area contributed by atoms with Crippen molar-refractivity contribution < 1.29 is 4.79 Å². The number of rotatable bonds is 8. The first-order chi connectivity index (χ1) is 10.6. The van der Waals surface area contributed by atoms with E-state index in [2.05, 4.69) is 28.7 Å². The van der Waals surface area contributed by atoms with Gasteiger partial charge in [-0.25, -0.2) is 0 Å². The molecule has 1 aromatic rings. The van der Waals surface area contributed by atoms with Gasteiger partial charge in [-0.2, -0.15) is 5.10 Å². The Bertz CT molecular complexity index is 507. The molecule has 22 heavy (non-hydrogen) atoms. The Kier molecular flexibility index (Phi) is 6.65. The summed E-state index contributed by atoms with van der Waals surface area (Å²) in [7, 11) is 0. The maximum Gasteiger partial charge on any atom is 0.233 e. The molecule has 1 amide bonds. The number of carbonyl (C=O) groups is 1. The van der Waals surface area contributed by atoms with Crippen molar-refractivity contribution in [2.24, 2.45) is 0 Å². The van der Waals surface area contributed by atoms with Crippen molar-refractivity contribution in [3.63, 3.8) is 0 Å². The average Bonchev–Trinajstić information content (AvgIpc) is 2.91. The molecule has 0 radical (unpaired) electrons. The monoisotopic (exact) mass is 304 g/mol. The third-order valence-electron chi connectivity index (χ3n) is 3.99. The van der Waals surface area contributed by atoms with Crippen LogP contribution in [0, 0.1) is 6.92 Å². The maximum absolute atomic E-state index is 11.8. The SMILES string of the molecule is Cc1cnn(CC(C)NCC(=O)NCCC2=CCCCC2)c1. The van der Waals surface area contributed by atoms with Crippen LogP contribution >= 0.6 is 0 Å². The summed E-state index contributed by atoms with van der Waals surface area (Å²) in [5.74, 6) is 0.0694. The fraction of sp³-hybridized carbons (Fsp3) is 0.647. The Labute approximate surface area is 133 Å². The molecule has 1 heterocycles. The van der Waals surface area contributed by atoms with E-state index in [1.54, 1.807) is 0 Å². The van der Waals surface area contributed by atoms with Crippen LogP contribution in [-0.2, 0) is 11.3 Å². The van der Waals surface area contributed by atoms with E-state index in [1.807, 2.05) is 24.0 Å². The number of allylic oxidation sites excluding steroid dienone is 1. The third-order valence-corrected chi connectivity index (χ3v) is 3.99. The quantitative estimate of drug-likeness (QED) is 0.724. The molecule has 1 atom stereocenters. The Morgan fingerprint density at radius 3 is 3.00 bits per heavy atom. The predicted octanol–water partition coefficient (Wildman–Crippen LogP) is 2.18. The van der Waals surface area contributed by atoms with E-state index in [4.69, 9.17) is 0 Å². The molecule has 0 bridgehead atoms. The smallest absolute Gasteiger partial charge is 0.233 e. The highest BCUT2D eigenvalue weighted by Crippen LogP contribution is 2.19. The fourth-order valence-electron chi connectivity index (χ4n) is 2.74. The number of amides is 1. The van der Waals surface area contributed by atoms with Crippen LogP contribution in [0.2, 0.25) is 0 Å². The van der Waals surface area contributed by atoms with Crippen LogP contribution in [0.15, 0.2) is 24.0 Å². The number of nitrogens with one attached hydrogen (secondary N) is 2. The maximum atomic E-state index is 11.8. The average molecular weight is 304 g/mol. The van der Waals surface area contributed by atoms with Gasteiger partial charge < -0.3 is 10.6 Å². The van der Waals surface area contributed by atoms with Gasteiger partial charge in [0.25, 0.3) is 0 Å². The zero-order valence-corrected chi connectivity index (χ0v) is 13.8. The Morgan fingerprint density at radius 1 is 1.45 bits per heavy atom. The number of carbonyl (C=O) groups excluding carboxylic acids is 1. The lowest BCUT2D eigenvalue weighted by Gasteiger charge is -2.15. The lowest BCUT2D eigenvalue weighted by Crippen LogP contribution is -2.40. The van der Waals surface area contributed by atoms with Crippen LogP contribution in [0.25, 0.3) is 0 Å². The van der Waals surface area contributed by atoms with Gasteiger partial charge in [0.2, 0.25) is 5.91 Å². The van der Waals surface area contributed by atoms with Crippen molar-refractivity contribution in [2.75, 3.05) is 13.1 Å². The van der Waals surface area contributed by atoms with Gasteiger partial charge in [0, 0.05) is 18.8 Å². The lowest BCUT2D eigenvalue weighted by atomic mass is 9.97. The zero-order valence-electron chi connectivity index (χ0n) is 13.8. The van der Waals surface area contributed by atoms with Crippen molar-refractivity contribution in [1.82, 2.24) is 20.4 Å². The lowest BCUT2D eigenvalue weighted by molar-refractivity contribution is -0.120. The van der Waals surface area contributed by atoms with E-state index in [-0.39, 0.29) is 11.9 Å². The van der Waals surface area contributed by atoms with Crippen LogP contribution in [0.1, 0.15) is 44.6 Å². The highest BCUT2D eigenvalue weighted by atomic mass is 16.1. The van der Waals surface area contributed by atoms with Gasteiger partial charge in [-0.3, -0.25) is 9.48 Å². The zero-order chi connectivity index (χ0) is 15.8. The highest BCUT2D eigenvalue weighted by molar-refractivity contribution is 5.77. The molecule has 1 aliphatic carbocycles. The van der Waals surface area contributed by atoms with Crippen LogP contribution in [0.5, 0.6) is 0 Å². The number of aromatic nitrogens is 2. The standard InChI is InChI=1S/C17H28N4O/c1-14-10-20-21(12-14)13-15(2)19-11-17(22)18-9-8-16-6-4-3-5-7-16/h6,10,12,15,19H,3-5,7-9,11,13H2,1-2H3,(H,18,22). The highest BCUT2D eigenvalue weighted by Gasteiger charge is 2.08. The Morgan fingerprint density at radius 2 is 2.32 bits per heavy atom. The summed E-state index contributed by atoms with van der Waals surface area (Å²) in [6.45, 7) is 5.97. The summed E-state index contributed by atoms with van der Waals surface area (Å²) >= 11 is 0. The van der Waals surface area contributed by atoms with Gasteiger partial charge >= 0.3 is 0 Å². The molecule has 2 rings (SSSR count). The molecule has 1 aliphatic rings. The van der Waals surface area contributed by atoms with Gasteiger partial charge in [0.15, 0.2) is 0 Å². The van der Waals surface area contributed by atoms with Gasteiger partial charge in [0.05, 0.1) is 19.3 Å². The Balaban J connectivity index is 1.57. The normalized spacial score (nSPS) is 16.2. The molecule has 2 N–H and O–H groups in total. The number of hydrogen-bond acceptors (Lipinski definition) is 3. The molecule has 5 heteroatoms. The fourth-order valence-corrected chi connectivity index (χ4v) is 2.74. The second kappa shape index (κ2) is 8.73. The predicted molar refractivity (Wildman–Crippen MR) is 88.6 cm³/mol. The third kappa shape index (κ3) is 6.02. The molecular formula is C17H28N4O. The number of hydrogen-bond donors (Lipinski definition) is 2. The molecule has 0 aliphatic heterocycles. The summed E-state index contributed by atoms with van der Waals surface area (Å²) < 4.78 is 1.90. The summed E-state index contributed by atoms with van der Waals surface area (Å²) in [5.41, 5.74) is 2.66. The second-order valence-corrected chi connectivity index (χ2v) is 6.23. The van der Waals surface area contributed by atoms with Crippen LogP contribution in [0.4, 0.5) is 0 Å². The van der Waals surface area contributed by atoms with E-state index < -0.39 is 0 Å². The van der Waals surface area contributed by atoms with E-state index in [0.29, 0.717) is 6.54 Å². The van der Waals surface area contributed by atoms with E-state index in [0.717, 1.165) is 25.1 Å². The molecule has 1 aromatic heterocycles. The van der Waals surface area contributed by atoms with Gasteiger partial charge in [-0.05, 0) is 51.5 Å². The summed E-state index contributed by atoms with van der Waals surface area (Å²) in [6.07, 6.45) is 12.2. The number of aryl methyl sites for hydroxylation is 1. The topological polar surface area (TPSA) is 59.0 Å². The minimum Gasteiger partial charge on any atom is -0.355 e. The molecule has 0 aromatic carbocycles. The van der Waals surface area contributed by atoms with Crippen molar-refractivity contribution in [2.45, 2.75) is 58.5 Å². The van der Waals surface area contributed by atoms with E-state index in [1.165, 1.54) is 31.3 Å². The van der Waals surface area contributed by atoms with Crippen molar-refractivity contribution in [1.29, 1.82) is 0 Å². The first kappa shape index (κ1) is 16.7.